The van der Waals surface area contributed by atoms with E-state index in [1.54, 1.807) is 0 Å². The highest BCUT2D eigenvalue weighted by Crippen LogP contribution is 2.25. The second-order valence-corrected chi connectivity index (χ2v) is 7.00. The lowest BCUT2D eigenvalue weighted by Gasteiger charge is -2.31. The van der Waals surface area contributed by atoms with Crippen LogP contribution in [0, 0.1) is 12.8 Å². The largest absolute Gasteiger partial charge is 0.349 e. The molecule has 1 aromatic heterocycles. The fourth-order valence-corrected chi connectivity index (χ4v) is 3.15. The van der Waals surface area contributed by atoms with Crippen molar-refractivity contribution in [3.8, 4) is 0 Å². The van der Waals surface area contributed by atoms with Gasteiger partial charge in [-0.05, 0) is 26.7 Å². The van der Waals surface area contributed by atoms with E-state index >= 15 is 0 Å². The lowest BCUT2D eigenvalue weighted by Crippen LogP contribution is -2.35. The third-order valence-corrected chi connectivity index (χ3v) is 4.79. The Bertz CT molecular complexity index is 538. The van der Waals surface area contributed by atoms with Gasteiger partial charge in [0.2, 0.25) is 11.9 Å². The van der Waals surface area contributed by atoms with E-state index in [2.05, 4.69) is 27.2 Å². The summed E-state index contributed by atoms with van der Waals surface area (Å²) in [5, 5.41) is 3.02. The Kier molecular flexibility index (Phi) is 5.97. The lowest BCUT2D eigenvalue weighted by atomic mass is 9.95. The summed E-state index contributed by atoms with van der Waals surface area (Å²) in [7, 11) is 2.09. The van der Waals surface area contributed by atoms with Crippen LogP contribution < -0.4 is 10.2 Å². The molecule has 23 heavy (non-hydrogen) atoms. The summed E-state index contributed by atoms with van der Waals surface area (Å²) in [4.78, 5) is 23.3. The average molecular weight is 318 g/mol. The van der Waals surface area contributed by atoms with E-state index in [0.29, 0.717) is 6.04 Å². The van der Waals surface area contributed by atoms with Crippen LogP contribution in [-0.4, -0.2) is 29.0 Å². The molecule has 1 saturated carbocycles. The zero-order chi connectivity index (χ0) is 17.0. The Morgan fingerprint density at radius 1 is 1.26 bits per heavy atom. The van der Waals surface area contributed by atoms with Gasteiger partial charge in [0.1, 0.15) is 0 Å². The smallest absolute Gasteiger partial charge is 0.225 e. The third kappa shape index (κ3) is 4.43. The number of aromatic nitrogens is 2. The molecule has 5 heteroatoms. The minimum atomic E-state index is -0.0704. The quantitative estimate of drug-likeness (QED) is 0.904. The van der Waals surface area contributed by atoms with Gasteiger partial charge in [-0.2, -0.15) is 0 Å². The highest BCUT2D eigenvalue weighted by Gasteiger charge is 2.21. The van der Waals surface area contributed by atoms with Crippen molar-refractivity contribution in [2.45, 2.75) is 71.9 Å². The molecule has 5 nitrogen and oxygen atoms in total. The van der Waals surface area contributed by atoms with Crippen LogP contribution in [0.5, 0.6) is 0 Å². The first-order chi connectivity index (χ1) is 10.9. The van der Waals surface area contributed by atoms with Crippen molar-refractivity contribution in [1.82, 2.24) is 15.3 Å². The molecule has 1 aliphatic carbocycles. The number of amides is 1. The molecule has 1 aliphatic rings. The van der Waals surface area contributed by atoms with E-state index in [1.165, 1.54) is 32.1 Å². The number of anilines is 1. The summed E-state index contributed by atoms with van der Waals surface area (Å²) >= 11 is 0. The number of hydrogen-bond acceptors (Lipinski definition) is 4. The molecular weight excluding hydrogens is 288 g/mol. The lowest BCUT2D eigenvalue weighted by molar-refractivity contribution is -0.124. The van der Waals surface area contributed by atoms with Crippen LogP contribution in [0.25, 0.3) is 0 Å². The summed E-state index contributed by atoms with van der Waals surface area (Å²) in [5.74, 6) is 0.830. The number of rotatable bonds is 5. The first-order valence-electron chi connectivity index (χ1n) is 8.77. The topological polar surface area (TPSA) is 58.1 Å². The van der Waals surface area contributed by atoms with Gasteiger partial charge in [-0.3, -0.25) is 4.79 Å². The van der Waals surface area contributed by atoms with Crippen molar-refractivity contribution in [2.24, 2.45) is 5.92 Å². The first kappa shape index (κ1) is 17.7. The number of nitrogens with zero attached hydrogens (tertiary/aromatic N) is 3. The second-order valence-electron chi connectivity index (χ2n) is 7.00. The van der Waals surface area contributed by atoms with Gasteiger partial charge in [-0.15, -0.1) is 0 Å². The first-order valence-corrected chi connectivity index (χ1v) is 8.77. The fourth-order valence-electron chi connectivity index (χ4n) is 3.15. The van der Waals surface area contributed by atoms with E-state index in [4.69, 9.17) is 0 Å². The van der Waals surface area contributed by atoms with Crippen molar-refractivity contribution in [3.05, 3.63) is 17.5 Å². The van der Waals surface area contributed by atoms with E-state index in [0.717, 1.165) is 17.2 Å². The molecule has 1 N–H and O–H groups in total. The molecule has 128 valence electrons. The van der Waals surface area contributed by atoms with Gasteiger partial charge in [-0.25, -0.2) is 9.97 Å². The standard InChI is InChI=1S/C18H30N4O/c1-12(2)17(23)20-13(3)16-11-19-18(21-14(16)4)22(5)15-9-7-6-8-10-15/h11-13,15H,6-10H2,1-5H3,(H,20,23). The van der Waals surface area contributed by atoms with Crippen LogP contribution in [0.1, 0.15) is 70.2 Å². The average Bonchev–Trinajstić information content (AvgIpc) is 2.54. The summed E-state index contributed by atoms with van der Waals surface area (Å²) in [6.07, 6.45) is 8.25. The molecule has 1 aromatic rings. The summed E-state index contributed by atoms with van der Waals surface area (Å²) < 4.78 is 0. The molecule has 2 rings (SSSR count). The highest BCUT2D eigenvalue weighted by atomic mass is 16.1. The molecule has 1 heterocycles. The van der Waals surface area contributed by atoms with Crippen LogP contribution in [0.15, 0.2) is 6.20 Å². The predicted octanol–water partition coefficient (Wildman–Crippen LogP) is 3.39. The Balaban J connectivity index is 2.09. The molecule has 1 fully saturated rings. The van der Waals surface area contributed by atoms with E-state index in [9.17, 15) is 4.79 Å². The van der Waals surface area contributed by atoms with Crippen molar-refractivity contribution >= 4 is 11.9 Å². The van der Waals surface area contributed by atoms with Gasteiger partial charge >= 0.3 is 0 Å². The summed E-state index contributed by atoms with van der Waals surface area (Å²) in [6.45, 7) is 7.77. The van der Waals surface area contributed by atoms with Crippen molar-refractivity contribution in [3.63, 3.8) is 0 Å². The maximum atomic E-state index is 11.9. The van der Waals surface area contributed by atoms with Gasteiger partial charge in [-0.1, -0.05) is 33.1 Å². The Morgan fingerprint density at radius 3 is 2.48 bits per heavy atom. The normalized spacial score (nSPS) is 17.1. The molecule has 0 aliphatic heterocycles. The van der Waals surface area contributed by atoms with Crippen LogP contribution in [0.3, 0.4) is 0 Å². The van der Waals surface area contributed by atoms with Crippen LogP contribution in [0.4, 0.5) is 5.95 Å². The summed E-state index contributed by atoms with van der Waals surface area (Å²) in [6, 6.07) is 0.478. The molecule has 0 spiro atoms. The van der Waals surface area contributed by atoms with Gasteiger partial charge in [0.25, 0.3) is 0 Å². The number of carbonyl (C=O) groups is 1. The van der Waals surface area contributed by atoms with Crippen LogP contribution >= 0.6 is 0 Å². The minimum absolute atomic E-state index is 0.0182. The molecule has 1 unspecified atom stereocenters. The number of nitrogens with one attached hydrogen (secondary N) is 1. The zero-order valence-electron chi connectivity index (χ0n) is 15.1. The van der Waals surface area contributed by atoms with Crippen molar-refractivity contribution in [1.29, 1.82) is 0 Å². The monoisotopic (exact) mass is 318 g/mol. The van der Waals surface area contributed by atoms with Crippen LogP contribution in [-0.2, 0) is 4.79 Å². The van der Waals surface area contributed by atoms with Gasteiger partial charge in [0, 0.05) is 36.5 Å². The van der Waals surface area contributed by atoms with Crippen LogP contribution in [0.2, 0.25) is 0 Å². The number of hydrogen-bond donors (Lipinski definition) is 1. The molecular formula is C18H30N4O. The Labute approximate surface area is 139 Å². The van der Waals surface area contributed by atoms with Crippen molar-refractivity contribution < 1.29 is 4.79 Å². The summed E-state index contributed by atoms with van der Waals surface area (Å²) in [5.41, 5.74) is 1.93. The Hall–Kier alpha value is -1.65. The Morgan fingerprint density at radius 2 is 1.91 bits per heavy atom. The molecule has 0 radical (unpaired) electrons. The fraction of sp³-hybridized carbons (Fsp3) is 0.722. The number of carbonyl (C=O) groups excluding carboxylic acids is 1. The molecule has 0 aromatic carbocycles. The molecule has 1 atom stereocenters. The van der Waals surface area contributed by atoms with E-state index in [1.807, 2.05) is 33.9 Å². The molecule has 1 amide bonds. The maximum absolute atomic E-state index is 11.9. The maximum Gasteiger partial charge on any atom is 0.225 e. The van der Waals surface area contributed by atoms with Gasteiger partial charge in [0.15, 0.2) is 0 Å². The second kappa shape index (κ2) is 7.75. The van der Waals surface area contributed by atoms with E-state index in [-0.39, 0.29) is 17.9 Å². The zero-order valence-corrected chi connectivity index (χ0v) is 15.1. The van der Waals surface area contributed by atoms with Gasteiger partial charge < -0.3 is 10.2 Å². The molecule has 0 saturated heterocycles. The minimum Gasteiger partial charge on any atom is -0.349 e. The SMILES string of the molecule is Cc1nc(N(C)C2CCCCC2)ncc1C(C)NC(=O)C(C)C. The predicted molar refractivity (Wildman–Crippen MR) is 93.4 cm³/mol. The molecule has 0 bridgehead atoms. The highest BCUT2D eigenvalue weighted by molar-refractivity contribution is 5.78. The van der Waals surface area contributed by atoms with E-state index < -0.39 is 0 Å². The van der Waals surface area contributed by atoms with Crippen molar-refractivity contribution in [2.75, 3.05) is 11.9 Å². The van der Waals surface area contributed by atoms with Gasteiger partial charge in [0.05, 0.1) is 6.04 Å². The number of aryl methyl sites for hydroxylation is 1. The third-order valence-electron chi connectivity index (χ3n) is 4.79.